The summed E-state index contributed by atoms with van der Waals surface area (Å²) in [6.07, 6.45) is 0.791. The lowest BCUT2D eigenvalue weighted by Crippen LogP contribution is -2.38. The number of nitrogens with zero attached hydrogens (tertiary/aromatic N) is 1. The minimum absolute atomic E-state index is 0.0724. The van der Waals surface area contributed by atoms with E-state index in [0.29, 0.717) is 52.0 Å². The molecule has 39 heavy (non-hydrogen) atoms. The number of methoxy groups -OCH3 is 5. The van der Waals surface area contributed by atoms with Crippen molar-refractivity contribution in [2.75, 3.05) is 48.8 Å². The molecule has 9 nitrogen and oxygen atoms in total. The van der Waals surface area contributed by atoms with Gasteiger partial charge in [-0.3, -0.25) is 14.6 Å². The Kier molecular flexibility index (Phi) is 8.91. The SMILES string of the molecule is COCCOC(=O)C1C(C)=NC2=C(C(=O)C[C@@H](c3ccc(OC)c(OC)c3)C2)[C@@H]1c1cc(OC)ccc1OC. The molecule has 1 unspecified atom stereocenters. The molecular formula is C30H35NO8. The Labute approximate surface area is 228 Å². The molecule has 1 aliphatic heterocycles. The van der Waals surface area contributed by atoms with Gasteiger partial charge in [-0.05, 0) is 55.2 Å². The van der Waals surface area contributed by atoms with Crippen molar-refractivity contribution in [3.05, 3.63) is 58.8 Å². The van der Waals surface area contributed by atoms with Crippen molar-refractivity contribution in [3.63, 3.8) is 0 Å². The van der Waals surface area contributed by atoms with Gasteiger partial charge >= 0.3 is 5.97 Å². The van der Waals surface area contributed by atoms with Crippen LogP contribution in [-0.2, 0) is 19.1 Å². The van der Waals surface area contributed by atoms with Crippen LogP contribution in [0.2, 0.25) is 0 Å². The number of ether oxygens (including phenoxy) is 6. The first-order valence-electron chi connectivity index (χ1n) is 12.8. The minimum Gasteiger partial charge on any atom is -0.497 e. The zero-order valence-corrected chi connectivity index (χ0v) is 23.2. The fourth-order valence-corrected chi connectivity index (χ4v) is 5.44. The maximum Gasteiger partial charge on any atom is 0.315 e. The first-order chi connectivity index (χ1) is 18.9. The van der Waals surface area contributed by atoms with Crippen molar-refractivity contribution in [1.29, 1.82) is 0 Å². The smallest absolute Gasteiger partial charge is 0.315 e. The first-order valence-corrected chi connectivity index (χ1v) is 12.8. The number of allylic oxidation sites excluding steroid dienone is 2. The zero-order chi connectivity index (χ0) is 28.1. The van der Waals surface area contributed by atoms with Crippen molar-refractivity contribution in [1.82, 2.24) is 0 Å². The number of rotatable bonds is 10. The highest BCUT2D eigenvalue weighted by Gasteiger charge is 2.46. The van der Waals surface area contributed by atoms with Crippen molar-refractivity contribution in [3.8, 4) is 23.0 Å². The molecule has 208 valence electrons. The van der Waals surface area contributed by atoms with E-state index in [1.165, 1.54) is 7.11 Å². The molecule has 2 aromatic carbocycles. The Morgan fingerprint density at radius 3 is 2.26 bits per heavy atom. The highest BCUT2D eigenvalue weighted by Crippen LogP contribution is 2.49. The topological polar surface area (TPSA) is 102 Å². The van der Waals surface area contributed by atoms with Gasteiger partial charge in [0.05, 0.1) is 35.0 Å². The Hall–Kier alpha value is -3.85. The lowest BCUT2D eigenvalue weighted by molar-refractivity contribution is -0.147. The van der Waals surface area contributed by atoms with Crippen LogP contribution in [-0.4, -0.2) is 66.2 Å². The van der Waals surface area contributed by atoms with Crippen LogP contribution in [0.5, 0.6) is 23.0 Å². The largest absolute Gasteiger partial charge is 0.497 e. The maximum absolute atomic E-state index is 13.9. The average Bonchev–Trinajstić information content (AvgIpc) is 2.95. The Morgan fingerprint density at radius 2 is 1.59 bits per heavy atom. The van der Waals surface area contributed by atoms with E-state index in [-0.39, 0.29) is 31.3 Å². The lowest BCUT2D eigenvalue weighted by atomic mass is 9.69. The van der Waals surface area contributed by atoms with E-state index in [2.05, 4.69) is 0 Å². The van der Waals surface area contributed by atoms with E-state index in [9.17, 15) is 9.59 Å². The number of benzene rings is 2. The summed E-state index contributed by atoms with van der Waals surface area (Å²) in [7, 11) is 7.84. The third-order valence-corrected chi connectivity index (χ3v) is 7.33. The summed E-state index contributed by atoms with van der Waals surface area (Å²) in [5, 5.41) is 0. The number of hydrogen-bond acceptors (Lipinski definition) is 9. The summed E-state index contributed by atoms with van der Waals surface area (Å²) in [5.41, 5.74) is 3.38. The number of Topliss-reactive ketones (excluding diaryl/α,β-unsaturated/α-hetero) is 1. The number of carbonyl (C=O) groups is 2. The summed E-state index contributed by atoms with van der Waals surface area (Å²) in [6.45, 7) is 2.17. The number of carbonyl (C=O) groups excluding carboxylic acids is 2. The summed E-state index contributed by atoms with van der Waals surface area (Å²) < 4.78 is 32.6. The molecule has 0 amide bonds. The third kappa shape index (κ3) is 5.63. The molecule has 4 rings (SSSR count). The Morgan fingerprint density at radius 1 is 0.872 bits per heavy atom. The van der Waals surface area contributed by atoms with Crippen molar-refractivity contribution < 1.29 is 38.0 Å². The molecule has 0 saturated heterocycles. The zero-order valence-electron chi connectivity index (χ0n) is 23.2. The molecule has 2 aromatic rings. The lowest BCUT2D eigenvalue weighted by Gasteiger charge is -2.37. The summed E-state index contributed by atoms with van der Waals surface area (Å²) in [5.74, 6) is 0.267. The molecule has 2 aliphatic rings. The minimum atomic E-state index is -0.803. The normalized spacial score (nSPS) is 20.6. The molecular weight excluding hydrogens is 502 g/mol. The summed E-state index contributed by atoms with van der Waals surface area (Å²) in [6, 6.07) is 11.1. The second-order valence-corrected chi connectivity index (χ2v) is 9.48. The van der Waals surface area contributed by atoms with E-state index in [1.54, 1.807) is 47.5 Å². The number of hydrogen-bond donors (Lipinski definition) is 0. The van der Waals surface area contributed by atoms with Gasteiger partial charge in [-0.2, -0.15) is 0 Å². The molecule has 0 bridgehead atoms. The van der Waals surface area contributed by atoms with Gasteiger partial charge in [-0.25, -0.2) is 0 Å². The predicted molar refractivity (Wildman–Crippen MR) is 145 cm³/mol. The van der Waals surface area contributed by atoms with Crippen LogP contribution < -0.4 is 18.9 Å². The Bertz CT molecular complexity index is 1300. The van der Waals surface area contributed by atoms with Crippen LogP contribution in [0.4, 0.5) is 0 Å². The molecule has 3 atom stereocenters. The highest BCUT2D eigenvalue weighted by molar-refractivity contribution is 6.09. The Balaban J connectivity index is 1.81. The quantitative estimate of drug-likeness (QED) is 0.323. The molecule has 1 aliphatic carbocycles. The van der Waals surface area contributed by atoms with Gasteiger partial charge in [-0.1, -0.05) is 6.07 Å². The second-order valence-electron chi connectivity index (χ2n) is 9.48. The summed E-state index contributed by atoms with van der Waals surface area (Å²) in [4.78, 5) is 32.2. The highest BCUT2D eigenvalue weighted by atomic mass is 16.6. The van der Waals surface area contributed by atoms with Crippen LogP contribution in [0.1, 0.15) is 42.7 Å². The van der Waals surface area contributed by atoms with Crippen LogP contribution in [0.3, 0.4) is 0 Å². The van der Waals surface area contributed by atoms with Gasteiger partial charge in [0, 0.05) is 42.0 Å². The maximum atomic E-state index is 13.9. The molecule has 0 saturated carbocycles. The van der Waals surface area contributed by atoms with Crippen molar-refractivity contribution >= 4 is 17.5 Å². The van der Waals surface area contributed by atoms with E-state index >= 15 is 0 Å². The van der Waals surface area contributed by atoms with E-state index in [4.69, 9.17) is 33.4 Å². The fraction of sp³-hybridized carbons (Fsp3) is 0.433. The van der Waals surface area contributed by atoms with Gasteiger partial charge in [0.15, 0.2) is 17.3 Å². The first kappa shape index (κ1) is 28.2. The van der Waals surface area contributed by atoms with E-state index in [0.717, 1.165) is 5.56 Å². The molecule has 1 heterocycles. The van der Waals surface area contributed by atoms with Gasteiger partial charge in [0.25, 0.3) is 0 Å². The van der Waals surface area contributed by atoms with E-state index in [1.807, 2.05) is 24.3 Å². The number of esters is 1. The number of ketones is 1. The van der Waals surface area contributed by atoms with Gasteiger partial charge in [0.1, 0.15) is 24.0 Å². The number of aliphatic imine (C=N–C) groups is 1. The monoisotopic (exact) mass is 537 g/mol. The third-order valence-electron chi connectivity index (χ3n) is 7.33. The van der Waals surface area contributed by atoms with Crippen LogP contribution in [0, 0.1) is 5.92 Å². The van der Waals surface area contributed by atoms with Gasteiger partial charge in [-0.15, -0.1) is 0 Å². The summed E-state index contributed by atoms with van der Waals surface area (Å²) >= 11 is 0. The van der Waals surface area contributed by atoms with Crippen LogP contribution in [0.25, 0.3) is 0 Å². The molecule has 0 spiro atoms. The second kappa shape index (κ2) is 12.3. The fourth-order valence-electron chi connectivity index (χ4n) is 5.44. The molecule has 0 aromatic heterocycles. The molecule has 9 heteroatoms. The van der Waals surface area contributed by atoms with Gasteiger partial charge in [0.2, 0.25) is 0 Å². The van der Waals surface area contributed by atoms with Crippen molar-refractivity contribution in [2.45, 2.75) is 31.6 Å². The molecule has 0 fully saturated rings. The molecule has 0 radical (unpaired) electrons. The van der Waals surface area contributed by atoms with E-state index < -0.39 is 17.8 Å². The standard InChI is InChI=1S/C30H35NO8/c1-17-27(30(33)39-12-11-34-2)28(21-16-20(35-3)8-10-24(21)36-4)29-22(31-17)13-19(14-23(29)32)18-7-9-25(37-5)26(15-18)38-6/h7-10,15-16,19,27-28H,11-14H2,1-6H3/t19-,27?,28+/m0/s1. The molecule has 0 N–H and O–H groups in total. The average molecular weight is 538 g/mol. The predicted octanol–water partition coefficient (Wildman–Crippen LogP) is 4.49. The van der Waals surface area contributed by atoms with Crippen LogP contribution >= 0.6 is 0 Å². The van der Waals surface area contributed by atoms with Crippen LogP contribution in [0.15, 0.2) is 52.7 Å². The van der Waals surface area contributed by atoms with Gasteiger partial charge < -0.3 is 28.4 Å². The van der Waals surface area contributed by atoms with Crippen molar-refractivity contribution in [2.24, 2.45) is 10.9 Å².